The Labute approximate surface area is 111 Å². The third-order valence-electron chi connectivity index (χ3n) is 2.79. The highest BCUT2D eigenvalue weighted by Crippen LogP contribution is 2.33. The largest absolute Gasteiger partial charge is 0.496 e. The standard InChI is InChI=1S/C14H17NO2S/c1-9(2)11-7-10(5-6-12(11)16-3)14-15-13(17-4)8-18-14/h5-9H,1-4H3. The molecule has 0 unspecified atom stereocenters. The molecule has 0 aliphatic carbocycles. The Bertz CT molecular complexity index is 534. The van der Waals surface area contributed by atoms with E-state index in [0.717, 1.165) is 16.3 Å². The predicted octanol–water partition coefficient (Wildman–Crippen LogP) is 3.95. The van der Waals surface area contributed by atoms with E-state index in [1.165, 1.54) is 5.56 Å². The maximum atomic E-state index is 5.38. The van der Waals surface area contributed by atoms with Gasteiger partial charge in [-0.1, -0.05) is 13.8 Å². The summed E-state index contributed by atoms with van der Waals surface area (Å²) < 4.78 is 10.5. The van der Waals surface area contributed by atoms with Gasteiger partial charge >= 0.3 is 0 Å². The highest BCUT2D eigenvalue weighted by molar-refractivity contribution is 7.13. The topological polar surface area (TPSA) is 31.4 Å². The molecule has 18 heavy (non-hydrogen) atoms. The number of nitrogens with zero attached hydrogens (tertiary/aromatic N) is 1. The molecular formula is C14H17NO2S. The third-order valence-corrected chi connectivity index (χ3v) is 3.66. The summed E-state index contributed by atoms with van der Waals surface area (Å²) in [4.78, 5) is 4.41. The van der Waals surface area contributed by atoms with Crippen LogP contribution in [0.2, 0.25) is 0 Å². The van der Waals surface area contributed by atoms with Gasteiger partial charge in [-0.3, -0.25) is 0 Å². The Morgan fingerprint density at radius 3 is 2.50 bits per heavy atom. The molecule has 0 bridgehead atoms. The molecule has 0 amide bonds. The van der Waals surface area contributed by atoms with Crippen LogP contribution in [0.5, 0.6) is 11.6 Å². The van der Waals surface area contributed by atoms with Gasteiger partial charge in [0.25, 0.3) is 0 Å². The van der Waals surface area contributed by atoms with E-state index in [1.54, 1.807) is 25.6 Å². The van der Waals surface area contributed by atoms with Crippen molar-refractivity contribution < 1.29 is 9.47 Å². The zero-order valence-electron chi connectivity index (χ0n) is 11.1. The van der Waals surface area contributed by atoms with Crippen LogP contribution in [-0.4, -0.2) is 19.2 Å². The first-order valence-electron chi connectivity index (χ1n) is 5.83. The van der Waals surface area contributed by atoms with Gasteiger partial charge in [-0.15, -0.1) is 11.3 Å². The van der Waals surface area contributed by atoms with Crippen LogP contribution < -0.4 is 9.47 Å². The van der Waals surface area contributed by atoms with E-state index in [9.17, 15) is 0 Å². The first kappa shape index (κ1) is 12.9. The lowest BCUT2D eigenvalue weighted by molar-refractivity contribution is 0.401. The van der Waals surface area contributed by atoms with Crippen molar-refractivity contribution in [1.29, 1.82) is 0 Å². The van der Waals surface area contributed by atoms with E-state index >= 15 is 0 Å². The van der Waals surface area contributed by atoms with E-state index < -0.39 is 0 Å². The number of benzene rings is 1. The molecule has 96 valence electrons. The van der Waals surface area contributed by atoms with Gasteiger partial charge in [-0.2, -0.15) is 0 Å². The molecule has 0 radical (unpaired) electrons. The minimum atomic E-state index is 0.418. The van der Waals surface area contributed by atoms with Crippen molar-refractivity contribution in [2.45, 2.75) is 19.8 Å². The number of hydrogen-bond donors (Lipinski definition) is 0. The fourth-order valence-corrected chi connectivity index (χ4v) is 2.57. The Balaban J connectivity index is 2.42. The number of thiazole rings is 1. The molecule has 4 heteroatoms. The Hall–Kier alpha value is -1.55. The van der Waals surface area contributed by atoms with Crippen molar-refractivity contribution in [1.82, 2.24) is 4.98 Å². The zero-order chi connectivity index (χ0) is 13.1. The average molecular weight is 263 g/mol. The van der Waals surface area contributed by atoms with E-state index in [2.05, 4.69) is 24.9 Å². The second kappa shape index (κ2) is 5.40. The van der Waals surface area contributed by atoms with Crippen molar-refractivity contribution in [2.75, 3.05) is 14.2 Å². The van der Waals surface area contributed by atoms with Crippen molar-refractivity contribution >= 4 is 11.3 Å². The number of ether oxygens (including phenoxy) is 2. The molecule has 0 aliphatic rings. The summed E-state index contributed by atoms with van der Waals surface area (Å²) in [5.74, 6) is 2.01. The minimum Gasteiger partial charge on any atom is -0.496 e. The number of hydrogen-bond acceptors (Lipinski definition) is 4. The average Bonchev–Trinajstić information content (AvgIpc) is 2.86. The first-order valence-corrected chi connectivity index (χ1v) is 6.71. The Kier molecular flexibility index (Phi) is 3.87. The van der Waals surface area contributed by atoms with Crippen LogP contribution >= 0.6 is 11.3 Å². The second-order valence-corrected chi connectivity index (χ2v) is 5.16. The van der Waals surface area contributed by atoms with Crippen molar-refractivity contribution in [3.63, 3.8) is 0 Å². The number of methoxy groups -OCH3 is 2. The van der Waals surface area contributed by atoms with E-state index in [0.29, 0.717) is 11.8 Å². The number of aromatic nitrogens is 1. The smallest absolute Gasteiger partial charge is 0.224 e. The van der Waals surface area contributed by atoms with Gasteiger partial charge in [0.2, 0.25) is 5.88 Å². The molecule has 0 aliphatic heterocycles. The van der Waals surface area contributed by atoms with Crippen molar-refractivity contribution in [3.8, 4) is 22.2 Å². The van der Waals surface area contributed by atoms with Crippen LogP contribution in [0.4, 0.5) is 0 Å². The van der Waals surface area contributed by atoms with Gasteiger partial charge in [-0.05, 0) is 29.7 Å². The Morgan fingerprint density at radius 1 is 1.17 bits per heavy atom. The minimum absolute atomic E-state index is 0.418. The van der Waals surface area contributed by atoms with Crippen LogP contribution in [0.15, 0.2) is 23.6 Å². The van der Waals surface area contributed by atoms with Crippen LogP contribution in [0.3, 0.4) is 0 Å². The number of rotatable bonds is 4. The maximum Gasteiger partial charge on any atom is 0.224 e. The lowest BCUT2D eigenvalue weighted by Gasteiger charge is -2.12. The fraction of sp³-hybridized carbons (Fsp3) is 0.357. The first-order chi connectivity index (χ1) is 8.65. The summed E-state index contributed by atoms with van der Waals surface area (Å²) in [7, 11) is 3.33. The molecule has 0 N–H and O–H groups in total. The fourth-order valence-electron chi connectivity index (χ4n) is 1.80. The monoisotopic (exact) mass is 263 g/mol. The molecule has 0 spiro atoms. The predicted molar refractivity (Wildman–Crippen MR) is 74.7 cm³/mol. The van der Waals surface area contributed by atoms with Gasteiger partial charge in [0, 0.05) is 5.56 Å². The molecule has 1 aromatic heterocycles. The van der Waals surface area contributed by atoms with Crippen molar-refractivity contribution in [2.24, 2.45) is 0 Å². The quantitative estimate of drug-likeness (QED) is 0.837. The van der Waals surface area contributed by atoms with Gasteiger partial charge in [0.1, 0.15) is 10.8 Å². The summed E-state index contributed by atoms with van der Waals surface area (Å²) in [5.41, 5.74) is 2.30. The molecule has 0 atom stereocenters. The van der Waals surface area contributed by atoms with E-state index in [1.807, 2.05) is 17.5 Å². The molecular weight excluding hydrogens is 246 g/mol. The van der Waals surface area contributed by atoms with E-state index in [-0.39, 0.29) is 0 Å². The van der Waals surface area contributed by atoms with Gasteiger partial charge < -0.3 is 9.47 Å². The van der Waals surface area contributed by atoms with Crippen LogP contribution in [-0.2, 0) is 0 Å². The van der Waals surface area contributed by atoms with E-state index in [4.69, 9.17) is 9.47 Å². The molecule has 2 aromatic rings. The molecule has 0 saturated heterocycles. The summed E-state index contributed by atoms with van der Waals surface area (Å²) >= 11 is 1.58. The normalized spacial score (nSPS) is 10.7. The van der Waals surface area contributed by atoms with Gasteiger partial charge in [-0.25, -0.2) is 4.98 Å². The summed E-state index contributed by atoms with van der Waals surface area (Å²) in [6.45, 7) is 4.31. The summed E-state index contributed by atoms with van der Waals surface area (Å²) in [5, 5.41) is 2.88. The zero-order valence-corrected chi connectivity index (χ0v) is 11.9. The summed E-state index contributed by atoms with van der Waals surface area (Å²) in [6, 6.07) is 6.17. The Morgan fingerprint density at radius 2 is 1.94 bits per heavy atom. The van der Waals surface area contributed by atoms with Gasteiger partial charge in [0.05, 0.1) is 19.6 Å². The molecule has 0 saturated carbocycles. The molecule has 3 nitrogen and oxygen atoms in total. The molecule has 0 fully saturated rings. The third kappa shape index (κ3) is 2.48. The lowest BCUT2D eigenvalue weighted by Crippen LogP contribution is -1.94. The molecule has 2 rings (SSSR count). The highest BCUT2D eigenvalue weighted by Gasteiger charge is 2.11. The lowest BCUT2D eigenvalue weighted by atomic mass is 10.00. The molecule has 1 heterocycles. The van der Waals surface area contributed by atoms with Gasteiger partial charge in [0.15, 0.2) is 0 Å². The SMILES string of the molecule is COc1csc(-c2ccc(OC)c(C(C)C)c2)n1. The van der Waals surface area contributed by atoms with Crippen LogP contribution in [0.1, 0.15) is 25.3 Å². The molecule has 1 aromatic carbocycles. The van der Waals surface area contributed by atoms with Crippen LogP contribution in [0.25, 0.3) is 10.6 Å². The van der Waals surface area contributed by atoms with Crippen molar-refractivity contribution in [3.05, 3.63) is 29.1 Å². The maximum absolute atomic E-state index is 5.38. The van der Waals surface area contributed by atoms with Crippen LogP contribution in [0, 0.1) is 0 Å². The highest BCUT2D eigenvalue weighted by atomic mass is 32.1. The summed E-state index contributed by atoms with van der Waals surface area (Å²) in [6.07, 6.45) is 0. The second-order valence-electron chi connectivity index (χ2n) is 4.31.